The predicted molar refractivity (Wildman–Crippen MR) is 80.6 cm³/mol. The normalized spacial score (nSPS) is 21.1. The molecule has 1 N–H and O–H groups in total. The maximum absolute atomic E-state index is 6.05. The first-order valence-electron chi connectivity index (χ1n) is 6.15. The quantitative estimate of drug-likeness (QED) is 0.767. The van der Waals surface area contributed by atoms with Gasteiger partial charge in [-0.3, -0.25) is 0 Å². The molecule has 19 heavy (non-hydrogen) atoms. The summed E-state index contributed by atoms with van der Waals surface area (Å²) >= 11 is 7.13. The first-order chi connectivity index (χ1) is 9.13. The van der Waals surface area contributed by atoms with Crippen LogP contribution < -0.4 is 15.0 Å². The van der Waals surface area contributed by atoms with Gasteiger partial charge < -0.3 is 14.3 Å². The van der Waals surface area contributed by atoms with Gasteiger partial charge in [-0.15, -0.1) is 0 Å². The lowest BCUT2D eigenvalue weighted by Crippen LogP contribution is -2.30. The van der Waals surface area contributed by atoms with Gasteiger partial charge in [0.2, 0.25) is 0 Å². The highest BCUT2D eigenvalue weighted by molar-refractivity contribution is 9.11. The fourth-order valence-corrected chi connectivity index (χ4v) is 3.55. The van der Waals surface area contributed by atoms with Crippen molar-refractivity contribution in [3.05, 3.63) is 20.6 Å². The summed E-state index contributed by atoms with van der Waals surface area (Å²) < 4.78 is 13.2. The Balaban J connectivity index is 2.48. The number of hydrogen-bond acceptors (Lipinski definition) is 4. The molecule has 0 saturated heterocycles. The predicted octanol–water partition coefficient (Wildman–Crippen LogP) is 3.97. The number of nitrogens with one attached hydrogen (secondary N) is 1. The summed E-state index contributed by atoms with van der Waals surface area (Å²) in [7, 11) is 3.27. The highest BCUT2D eigenvalue weighted by Gasteiger charge is 2.38. The highest BCUT2D eigenvalue weighted by atomic mass is 79.9. The first-order valence-corrected chi connectivity index (χ1v) is 7.73. The Morgan fingerprint density at radius 1 is 1.37 bits per heavy atom. The van der Waals surface area contributed by atoms with Crippen molar-refractivity contribution in [1.29, 1.82) is 0 Å². The van der Waals surface area contributed by atoms with Crippen LogP contribution in [0.1, 0.15) is 31.4 Å². The number of hydrogen-bond donors (Lipinski definition) is 1. The van der Waals surface area contributed by atoms with Crippen LogP contribution in [0.15, 0.2) is 15.0 Å². The molecule has 0 spiro atoms. The molecule has 0 amide bonds. The van der Waals surface area contributed by atoms with Gasteiger partial charge in [-0.25, -0.2) is 0 Å². The molecule has 0 aromatic heterocycles. The molecule has 0 bridgehead atoms. The number of ether oxygens (including phenoxy) is 2. The molecule has 106 valence electrons. The Labute approximate surface area is 130 Å². The lowest BCUT2D eigenvalue weighted by atomic mass is 10.0. The molecule has 1 aromatic carbocycles. The smallest absolute Gasteiger partial charge is 0.140 e. The summed E-state index contributed by atoms with van der Waals surface area (Å²) in [6.07, 6.45) is 2.06. The van der Waals surface area contributed by atoms with Crippen molar-refractivity contribution >= 4 is 31.9 Å². The van der Waals surface area contributed by atoms with E-state index in [1.807, 2.05) is 6.07 Å². The zero-order valence-corrected chi connectivity index (χ0v) is 14.3. The molecule has 1 aliphatic rings. The molecule has 0 saturated carbocycles. The van der Waals surface area contributed by atoms with Crippen LogP contribution in [0, 0.1) is 0 Å². The van der Waals surface area contributed by atoms with Crippen molar-refractivity contribution in [2.75, 3.05) is 14.2 Å². The largest absolute Gasteiger partial charge is 0.496 e. The minimum Gasteiger partial charge on any atom is -0.496 e. The van der Waals surface area contributed by atoms with E-state index in [1.165, 1.54) is 0 Å². The van der Waals surface area contributed by atoms with Crippen LogP contribution >= 0.6 is 31.9 Å². The molecule has 1 aromatic rings. The van der Waals surface area contributed by atoms with E-state index < -0.39 is 0 Å². The second kappa shape index (κ2) is 6.43. The number of fused-ring (bicyclic) bond motifs is 1. The van der Waals surface area contributed by atoms with Gasteiger partial charge in [0, 0.05) is 5.56 Å². The topological polar surface area (TPSA) is 39.7 Å². The molecule has 6 heteroatoms. The Bertz CT molecular complexity index is 468. The Morgan fingerprint density at radius 3 is 2.68 bits per heavy atom. The summed E-state index contributed by atoms with van der Waals surface area (Å²) in [5.74, 6) is 1.62. The van der Waals surface area contributed by atoms with E-state index in [9.17, 15) is 0 Å². The maximum atomic E-state index is 6.05. The van der Waals surface area contributed by atoms with Crippen LogP contribution in [0.5, 0.6) is 11.5 Å². The number of rotatable bonds is 5. The number of halogens is 2. The molecule has 0 radical (unpaired) electrons. The zero-order chi connectivity index (χ0) is 14.0. The van der Waals surface area contributed by atoms with Gasteiger partial charge in [-0.2, -0.15) is 5.48 Å². The van der Waals surface area contributed by atoms with Crippen molar-refractivity contribution in [2.24, 2.45) is 0 Å². The van der Waals surface area contributed by atoms with Gasteiger partial charge in [-0.05, 0) is 44.3 Å². The van der Waals surface area contributed by atoms with Crippen LogP contribution in [0.3, 0.4) is 0 Å². The molecule has 1 aliphatic heterocycles. The standard InChI is InChI=1S/C13H17Br2NO3/c1-4-5-8-12(16-18-3)10-11(15)9(17-2)6-7(14)13(10)19-8/h6,8,12,16H,4-5H2,1-3H3. The molecular weight excluding hydrogens is 378 g/mol. The van der Waals surface area contributed by atoms with Crippen LogP contribution in [0.4, 0.5) is 0 Å². The molecule has 0 aliphatic carbocycles. The lowest BCUT2D eigenvalue weighted by Gasteiger charge is -2.19. The number of benzene rings is 1. The first kappa shape index (κ1) is 15.1. The van der Waals surface area contributed by atoms with E-state index >= 15 is 0 Å². The summed E-state index contributed by atoms with van der Waals surface area (Å²) in [5, 5.41) is 0. The van der Waals surface area contributed by atoms with Gasteiger partial charge in [0.15, 0.2) is 0 Å². The fourth-order valence-electron chi connectivity index (χ4n) is 2.33. The van der Waals surface area contributed by atoms with Crippen molar-refractivity contribution in [1.82, 2.24) is 5.48 Å². The van der Waals surface area contributed by atoms with E-state index in [0.717, 1.165) is 38.8 Å². The molecule has 2 rings (SSSR count). The van der Waals surface area contributed by atoms with Crippen molar-refractivity contribution in [3.63, 3.8) is 0 Å². The molecule has 2 atom stereocenters. The summed E-state index contributed by atoms with van der Waals surface area (Å²) in [5.41, 5.74) is 4.06. The molecule has 1 heterocycles. The number of methoxy groups -OCH3 is 1. The van der Waals surface area contributed by atoms with E-state index in [0.29, 0.717) is 0 Å². The third-order valence-corrected chi connectivity index (χ3v) is 4.57. The van der Waals surface area contributed by atoms with Crippen molar-refractivity contribution in [2.45, 2.75) is 31.9 Å². The van der Waals surface area contributed by atoms with Crippen LogP contribution in [0.2, 0.25) is 0 Å². The second-order valence-electron chi connectivity index (χ2n) is 4.36. The van der Waals surface area contributed by atoms with Gasteiger partial charge in [-0.1, -0.05) is 13.3 Å². The lowest BCUT2D eigenvalue weighted by molar-refractivity contribution is 0.0266. The van der Waals surface area contributed by atoms with Gasteiger partial charge in [0.1, 0.15) is 17.6 Å². The Morgan fingerprint density at radius 2 is 2.11 bits per heavy atom. The van der Waals surface area contributed by atoms with Crippen molar-refractivity contribution < 1.29 is 14.3 Å². The SMILES string of the molecule is CCCC1Oc2c(Br)cc(OC)c(Br)c2C1NOC. The summed E-state index contributed by atoms with van der Waals surface area (Å²) in [6, 6.07) is 1.89. The highest BCUT2D eigenvalue weighted by Crippen LogP contribution is 2.50. The summed E-state index contributed by atoms with van der Waals surface area (Å²) in [6.45, 7) is 2.14. The summed E-state index contributed by atoms with van der Waals surface area (Å²) in [4.78, 5) is 5.12. The third-order valence-electron chi connectivity index (χ3n) is 3.16. The fraction of sp³-hybridized carbons (Fsp3) is 0.538. The van der Waals surface area contributed by atoms with Crippen LogP contribution in [-0.4, -0.2) is 20.3 Å². The maximum Gasteiger partial charge on any atom is 0.140 e. The molecule has 4 nitrogen and oxygen atoms in total. The minimum atomic E-state index is -0.0132. The number of hydroxylamine groups is 1. The zero-order valence-electron chi connectivity index (χ0n) is 11.1. The Kier molecular flexibility index (Phi) is 5.11. The second-order valence-corrected chi connectivity index (χ2v) is 6.01. The van der Waals surface area contributed by atoms with E-state index in [2.05, 4.69) is 44.3 Å². The minimum absolute atomic E-state index is 0.0132. The van der Waals surface area contributed by atoms with E-state index in [-0.39, 0.29) is 12.1 Å². The van der Waals surface area contributed by atoms with Crippen LogP contribution in [0.25, 0.3) is 0 Å². The van der Waals surface area contributed by atoms with Crippen LogP contribution in [-0.2, 0) is 4.84 Å². The van der Waals surface area contributed by atoms with Gasteiger partial charge in [0.25, 0.3) is 0 Å². The van der Waals surface area contributed by atoms with Gasteiger partial charge >= 0.3 is 0 Å². The monoisotopic (exact) mass is 393 g/mol. The van der Waals surface area contributed by atoms with Gasteiger partial charge in [0.05, 0.1) is 29.2 Å². The molecule has 2 unspecified atom stereocenters. The Hall–Kier alpha value is -0.300. The van der Waals surface area contributed by atoms with Crippen molar-refractivity contribution in [3.8, 4) is 11.5 Å². The van der Waals surface area contributed by atoms with E-state index in [4.69, 9.17) is 14.3 Å². The average molecular weight is 395 g/mol. The third kappa shape index (κ3) is 2.77. The van der Waals surface area contributed by atoms with E-state index in [1.54, 1.807) is 14.2 Å². The molecular formula is C13H17Br2NO3. The molecule has 0 fully saturated rings. The average Bonchev–Trinajstić information content (AvgIpc) is 2.75.